The Morgan fingerprint density at radius 3 is 2.63 bits per heavy atom. The molecule has 6 nitrogen and oxygen atoms in total. The number of aromatic nitrogens is 3. The molecule has 0 radical (unpaired) electrons. The quantitative estimate of drug-likeness (QED) is 0.587. The van der Waals surface area contributed by atoms with Gasteiger partial charge in [-0.05, 0) is 61.9 Å². The molecule has 2 aromatic carbocycles. The zero-order chi connectivity index (χ0) is 18.8. The van der Waals surface area contributed by atoms with E-state index in [1.54, 1.807) is 42.0 Å². The normalized spacial score (nSPS) is 10.7. The van der Waals surface area contributed by atoms with E-state index in [4.69, 9.17) is 4.74 Å². The highest BCUT2D eigenvalue weighted by molar-refractivity contribution is 6.09. The van der Waals surface area contributed by atoms with Crippen LogP contribution in [0.4, 0.5) is 5.69 Å². The molecule has 0 saturated carbocycles. The zero-order valence-corrected chi connectivity index (χ0v) is 15.0. The van der Waals surface area contributed by atoms with E-state index in [9.17, 15) is 4.79 Å². The highest BCUT2D eigenvalue weighted by Crippen LogP contribution is 2.24. The van der Waals surface area contributed by atoms with Crippen LogP contribution in [0.15, 0.2) is 67.0 Å². The summed E-state index contributed by atoms with van der Waals surface area (Å²) in [5, 5.41) is 7.21. The van der Waals surface area contributed by atoms with Crippen molar-refractivity contribution < 1.29 is 9.53 Å². The molecule has 2 aromatic heterocycles. The Hall–Kier alpha value is -3.67. The lowest BCUT2D eigenvalue weighted by Crippen LogP contribution is -2.13. The van der Waals surface area contributed by atoms with E-state index >= 15 is 0 Å². The molecule has 1 amide bonds. The van der Waals surface area contributed by atoms with Gasteiger partial charge < -0.3 is 10.1 Å². The molecule has 0 bridgehead atoms. The van der Waals surface area contributed by atoms with E-state index < -0.39 is 0 Å². The van der Waals surface area contributed by atoms with Gasteiger partial charge in [0.15, 0.2) is 5.65 Å². The highest BCUT2D eigenvalue weighted by Gasteiger charge is 2.18. The molecular weight excluding hydrogens is 340 g/mol. The second kappa shape index (κ2) is 6.92. The molecule has 134 valence electrons. The van der Waals surface area contributed by atoms with Crippen molar-refractivity contribution in [3.8, 4) is 11.5 Å². The van der Waals surface area contributed by atoms with E-state index in [1.807, 2.05) is 43.3 Å². The lowest BCUT2D eigenvalue weighted by atomic mass is 10.2. The summed E-state index contributed by atoms with van der Waals surface area (Å²) in [6.07, 6.45) is 3.41. The number of anilines is 1. The number of hydrogen-bond donors (Lipinski definition) is 1. The first-order valence-corrected chi connectivity index (χ1v) is 8.56. The van der Waals surface area contributed by atoms with Gasteiger partial charge in [0, 0.05) is 18.1 Å². The number of hydrogen-bond acceptors (Lipinski definition) is 4. The number of nitrogens with one attached hydrogen (secondary N) is 1. The second-order valence-electron chi connectivity index (χ2n) is 6.25. The number of benzene rings is 2. The summed E-state index contributed by atoms with van der Waals surface area (Å²) in [4.78, 5) is 16.9. The first-order valence-electron chi connectivity index (χ1n) is 8.56. The Morgan fingerprint density at radius 1 is 1.04 bits per heavy atom. The molecule has 0 saturated heterocycles. The van der Waals surface area contributed by atoms with Crippen molar-refractivity contribution in [1.82, 2.24) is 14.6 Å². The summed E-state index contributed by atoms with van der Waals surface area (Å²) in [7, 11) is 0. The fraction of sp³-hybridized carbons (Fsp3) is 0.0952. The Balaban J connectivity index is 1.51. The summed E-state index contributed by atoms with van der Waals surface area (Å²) in [6, 6.07) is 16.9. The molecule has 0 atom stereocenters. The van der Waals surface area contributed by atoms with Crippen molar-refractivity contribution in [2.45, 2.75) is 13.8 Å². The summed E-state index contributed by atoms with van der Waals surface area (Å²) in [5.74, 6) is 1.24. The minimum absolute atomic E-state index is 0.242. The van der Waals surface area contributed by atoms with Crippen molar-refractivity contribution in [2.75, 3.05) is 5.32 Å². The number of nitrogens with zero attached hydrogens (tertiary/aromatic N) is 3. The average molecular weight is 358 g/mol. The summed E-state index contributed by atoms with van der Waals surface area (Å²) in [6.45, 7) is 3.81. The lowest BCUT2D eigenvalue weighted by molar-refractivity contribution is 0.102. The van der Waals surface area contributed by atoms with Gasteiger partial charge in [0.25, 0.3) is 5.91 Å². The Kier molecular flexibility index (Phi) is 4.30. The van der Waals surface area contributed by atoms with E-state index in [2.05, 4.69) is 15.4 Å². The molecule has 27 heavy (non-hydrogen) atoms. The predicted octanol–water partition coefficient (Wildman–Crippen LogP) is 4.39. The van der Waals surface area contributed by atoms with Crippen molar-refractivity contribution >= 4 is 17.2 Å². The monoisotopic (exact) mass is 358 g/mol. The molecule has 0 unspecified atom stereocenters. The first-order chi connectivity index (χ1) is 13.1. The third-order valence-electron chi connectivity index (χ3n) is 4.13. The van der Waals surface area contributed by atoms with Gasteiger partial charge in [-0.3, -0.25) is 4.79 Å². The third kappa shape index (κ3) is 3.50. The number of aryl methyl sites for hydroxylation is 2. The standard InChI is InChI=1S/C21H18N4O2/c1-14-5-3-6-18(13-14)27-17-9-7-16(8-10-17)23-21(26)19-15(2)24-25-12-4-11-22-20(19)25/h3-13H,1-2H3,(H,23,26). The van der Waals surface area contributed by atoms with Crippen LogP contribution in [-0.2, 0) is 0 Å². The van der Waals surface area contributed by atoms with Gasteiger partial charge in [0.05, 0.1) is 5.69 Å². The SMILES string of the molecule is Cc1cccc(Oc2ccc(NC(=O)c3c(C)nn4cccnc34)cc2)c1. The van der Waals surface area contributed by atoms with Crippen LogP contribution in [0.5, 0.6) is 11.5 Å². The molecule has 0 aliphatic heterocycles. The molecule has 6 heteroatoms. The Labute approximate surface area is 156 Å². The van der Waals surface area contributed by atoms with Gasteiger partial charge in [0.2, 0.25) is 0 Å². The maximum atomic E-state index is 12.7. The van der Waals surface area contributed by atoms with E-state index in [1.165, 1.54) is 0 Å². The molecule has 0 aliphatic rings. The van der Waals surface area contributed by atoms with E-state index in [0.29, 0.717) is 28.3 Å². The largest absolute Gasteiger partial charge is 0.457 e. The van der Waals surface area contributed by atoms with Crippen molar-refractivity contribution in [3.05, 3.63) is 83.8 Å². The molecule has 0 aliphatic carbocycles. The summed E-state index contributed by atoms with van der Waals surface area (Å²) >= 11 is 0. The lowest BCUT2D eigenvalue weighted by Gasteiger charge is -2.08. The summed E-state index contributed by atoms with van der Waals surface area (Å²) < 4.78 is 7.43. The van der Waals surface area contributed by atoms with Crippen LogP contribution in [-0.4, -0.2) is 20.5 Å². The van der Waals surface area contributed by atoms with Crippen LogP contribution >= 0.6 is 0 Å². The number of amides is 1. The maximum absolute atomic E-state index is 12.7. The van der Waals surface area contributed by atoms with E-state index in [-0.39, 0.29) is 5.91 Å². The topological polar surface area (TPSA) is 68.5 Å². The molecule has 1 N–H and O–H groups in total. The van der Waals surface area contributed by atoms with Crippen LogP contribution in [0.3, 0.4) is 0 Å². The minimum atomic E-state index is -0.242. The number of carbonyl (C=O) groups is 1. The van der Waals surface area contributed by atoms with Crippen LogP contribution in [0.1, 0.15) is 21.6 Å². The van der Waals surface area contributed by atoms with Crippen molar-refractivity contribution in [2.24, 2.45) is 0 Å². The first kappa shape index (κ1) is 16.8. The van der Waals surface area contributed by atoms with Crippen LogP contribution in [0.2, 0.25) is 0 Å². The van der Waals surface area contributed by atoms with Gasteiger partial charge in [-0.25, -0.2) is 9.50 Å². The second-order valence-corrected chi connectivity index (χ2v) is 6.25. The average Bonchev–Trinajstić information content (AvgIpc) is 2.99. The van der Waals surface area contributed by atoms with Gasteiger partial charge in [-0.15, -0.1) is 0 Å². The summed E-state index contributed by atoms with van der Waals surface area (Å²) in [5.41, 5.74) is 3.44. The highest BCUT2D eigenvalue weighted by atomic mass is 16.5. The molecule has 4 rings (SSSR count). The third-order valence-corrected chi connectivity index (χ3v) is 4.13. The molecule has 0 spiro atoms. The number of carbonyl (C=O) groups excluding carboxylic acids is 1. The van der Waals surface area contributed by atoms with Gasteiger partial charge in [-0.2, -0.15) is 5.10 Å². The van der Waals surface area contributed by atoms with Crippen LogP contribution in [0, 0.1) is 13.8 Å². The van der Waals surface area contributed by atoms with Crippen molar-refractivity contribution in [1.29, 1.82) is 0 Å². The molecule has 0 fully saturated rings. The Morgan fingerprint density at radius 2 is 1.85 bits per heavy atom. The predicted molar refractivity (Wildman–Crippen MR) is 103 cm³/mol. The smallest absolute Gasteiger partial charge is 0.261 e. The van der Waals surface area contributed by atoms with Crippen molar-refractivity contribution in [3.63, 3.8) is 0 Å². The Bertz CT molecular complexity index is 1120. The van der Waals surface area contributed by atoms with Gasteiger partial charge in [0.1, 0.15) is 17.1 Å². The van der Waals surface area contributed by atoms with Gasteiger partial charge >= 0.3 is 0 Å². The fourth-order valence-electron chi connectivity index (χ4n) is 2.88. The molecular formula is C21H18N4O2. The number of ether oxygens (including phenoxy) is 1. The number of rotatable bonds is 4. The minimum Gasteiger partial charge on any atom is -0.457 e. The molecule has 2 heterocycles. The maximum Gasteiger partial charge on any atom is 0.261 e. The number of fused-ring (bicyclic) bond motifs is 1. The molecule has 4 aromatic rings. The van der Waals surface area contributed by atoms with Crippen LogP contribution in [0.25, 0.3) is 5.65 Å². The van der Waals surface area contributed by atoms with E-state index in [0.717, 1.165) is 11.3 Å². The van der Waals surface area contributed by atoms with Gasteiger partial charge in [-0.1, -0.05) is 12.1 Å². The zero-order valence-electron chi connectivity index (χ0n) is 15.0. The fourth-order valence-corrected chi connectivity index (χ4v) is 2.88. The van der Waals surface area contributed by atoms with Crippen LogP contribution < -0.4 is 10.1 Å².